The molecule has 2 aromatic rings. The Bertz CT molecular complexity index is 576. The lowest BCUT2D eigenvalue weighted by Gasteiger charge is -2.01. The molecule has 0 saturated carbocycles. The van der Waals surface area contributed by atoms with Gasteiger partial charge >= 0.3 is 0 Å². The van der Waals surface area contributed by atoms with Crippen molar-refractivity contribution in [3.8, 4) is 11.3 Å². The predicted molar refractivity (Wildman–Crippen MR) is 68.2 cm³/mol. The highest BCUT2D eigenvalue weighted by Crippen LogP contribution is 2.31. The zero-order valence-corrected chi connectivity index (χ0v) is 10.5. The Morgan fingerprint density at radius 1 is 1.24 bits per heavy atom. The van der Waals surface area contributed by atoms with E-state index < -0.39 is 0 Å². The fraction of sp³-hybridized carbons (Fsp3) is 0.0833. The highest BCUT2D eigenvalue weighted by molar-refractivity contribution is 6.35. The zero-order chi connectivity index (χ0) is 12.4. The van der Waals surface area contributed by atoms with Crippen molar-refractivity contribution in [1.82, 2.24) is 0 Å². The molecule has 0 aliphatic carbocycles. The number of benzene rings is 1. The van der Waals surface area contributed by atoms with Crippen LogP contribution in [0.15, 0.2) is 39.9 Å². The second-order valence-electron chi connectivity index (χ2n) is 3.47. The summed E-state index contributed by atoms with van der Waals surface area (Å²) in [6.07, 6.45) is 0. The van der Waals surface area contributed by atoms with Crippen molar-refractivity contribution >= 4 is 28.9 Å². The quantitative estimate of drug-likeness (QED) is 0.497. The molecular weight excluding hydrogens is 261 g/mol. The van der Waals surface area contributed by atoms with E-state index in [-0.39, 0.29) is 0 Å². The maximum absolute atomic E-state index is 8.65. The van der Waals surface area contributed by atoms with Gasteiger partial charge in [-0.05, 0) is 37.3 Å². The highest BCUT2D eigenvalue weighted by Gasteiger charge is 2.10. The molecule has 1 N–H and O–H groups in total. The van der Waals surface area contributed by atoms with Gasteiger partial charge in [0.05, 0.1) is 5.02 Å². The Kier molecular flexibility index (Phi) is 3.41. The van der Waals surface area contributed by atoms with Crippen LogP contribution in [-0.4, -0.2) is 10.9 Å². The topological polar surface area (TPSA) is 45.7 Å². The Hall–Kier alpha value is -1.45. The second kappa shape index (κ2) is 4.82. The third-order valence-electron chi connectivity index (χ3n) is 2.31. The molecule has 0 aliphatic heterocycles. The molecule has 1 heterocycles. The summed E-state index contributed by atoms with van der Waals surface area (Å²) in [7, 11) is 0. The molecule has 0 bridgehead atoms. The largest absolute Gasteiger partial charge is 0.455 e. The van der Waals surface area contributed by atoms with Crippen molar-refractivity contribution in [2.75, 3.05) is 0 Å². The van der Waals surface area contributed by atoms with E-state index >= 15 is 0 Å². The molecule has 0 radical (unpaired) electrons. The normalized spacial score (nSPS) is 11.8. The smallest absolute Gasteiger partial charge is 0.152 e. The summed E-state index contributed by atoms with van der Waals surface area (Å²) >= 11 is 12.0. The van der Waals surface area contributed by atoms with E-state index in [2.05, 4.69) is 5.16 Å². The summed E-state index contributed by atoms with van der Waals surface area (Å²) in [6.45, 7) is 1.64. The van der Waals surface area contributed by atoms with E-state index in [1.165, 1.54) is 0 Å². The van der Waals surface area contributed by atoms with Crippen molar-refractivity contribution in [1.29, 1.82) is 0 Å². The summed E-state index contributed by atoms with van der Waals surface area (Å²) in [5, 5.41) is 12.8. The summed E-state index contributed by atoms with van der Waals surface area (Å²) in [5.41, 5.74) is 1.10. The summed E-state index contributed by atoms with van der Waals surface area (Å²) < 4.78 is 5.52. The van der Waals surface area contributed by atoms with Crippen LogP contribution in [0.5, 0.6) is 0 Å². The Morgan fingerprint density at radius 2 is 2.00 bits per heavy atom. The third-order valence-corrected chi connectivity index (χ3v) is 2.87. The first-order valence-electron chi connectivity index (χ1n) is 4.86. The lowest BCUT2D eigenvalue weighted by Crippen LogP contribution is -1.90. The van der Waals surface area contributed by atoms with Crippen molar-refractivity contribution in [3.05, 3.63) is 46.1 Å². The minimum atomic E-state index is 0.398. The van der Waals surface area contributed by atoms with Crippen LogP contribution in [0.4, 0.5) is 0 Å². The number of hydrogen-bond donors (Lipinski definition) is 1. The minimum absolute atomic E-state index is 0.398. The van der Waals surface area contributed by atoms with Crippen LogP contribution in [0.3, 0.4) is 0 Å². The number of oxime groups is 1. The number of rotatable bonds is 2. The van der Waals surface area contributed by atoms with Gasteiger partial charge in [0.2, 0.25) is 0 Å². The van der Waals surface area contributed by atoms with Gasteiger partial charge in [-0.2, -0.15) is 0 Å². The van der Waals surface area contributed by atoms with Crippen LogP contribution in [-0.2, 0) is 0 Å². The van der Waals surface area contributed by atoms with E-state index in [1.54, 1.807) is 37.3 Å². The first-order chi connectivity index (χ1) is 8.11. The monoisotopic (exact) mass is 269 g/mol. The van der Waals surface area contributed by atoms with Crippen LogP contribution in [0.25, 0.3) is 11.3 Å². The fourth-order valence-electron chi connectivity index (χ4n) is 1.41. The average molecular weight is 270 g/mol. The molecule has 0 saturated heterocycles. The molecule has 0 spiro atoms. The van der Waals surface area contributed by atoms with Gasteiger partial charge in [-0.1, -0.05) is 28.4 Å². The first kappa shape index (κ1) is 12.0. The SMILES string of the molecule is C/C(=N\O)c1ccc(-c2cc(Cl)ccc2Cl)o1. The zero-order valence-electron chi connectivity index (χ0n) is 8.95. The average Bonchev–Trinajstić information content (AvgIpc) is 2.80. The number of nitrogens with zero attached hydrogens (tertiary/aromatic N) is 1. The van der Waals surface area contributed by atoms with Gasteiger partial charge in [-0.15, -0.1) is 0 Å². The van der Waals surface area contributed by atoms with Crippen molar-refractivity contribution < 1.29 is 9.62 Å². The molecule has 2 rings (SSSR count). The highest BCUT2D eigenvalue weighted by atomic mass is 35.5. The maximum atomic E-state index is 8.65. The van der Waals surface area contributed by atoms with Crippen LogP contribution in [0, 0.1) is 0 Å². The van der Waals surface area contributed by atoms with Crippen molar-refractivity contribution in [2.45, 2.75) is 6.92 Å². The molecule has 17 heavy (non-hydrogen) atoms. The third kappa shape index (κ3) is 2.46. The number of furan rings is 1. The molecule has 0 atom stereocenters. The standard InChI is InChI=1S/C12H9Cl2NO2/c1-7(15-16)11-4-5-12(17-11)9-6-8(13)2-3-10(9)14/h2-6,16H,1H3/b15-7+. The maximum Gasteiger partial charge on any atom is 0.152 e. The van der Waals surface area contributed by atoms with Gasteiger partial charge in [-0.3, -0.25) is 0 Å². The number of halogens is 2. The molecule has 1 aromatic carbocycles. The number of hydrogen-bond acceptors (Lipinski definition) is 3. The van der Waals surface area contributed by atoms with Gasteiger partial charge in [0.15, 0.2) is 5.76 Å². The van der Waals surface area contributed by atoms with Crippen LogP contribution in [0.2, 0.25) is 10.0 Å². The van der Waals surface area contributed by atoms with Crippen molar-refractivity contribution in [3.63, 3.8) is 0 Å². The molecule has 0 fully saturated rings. The minimum Gasteiger partial charge on any atom is -0.455 e. The molecular formula is C12H9Cl2NO2. The molecule has 0 aliphatic rings. The predicted octanol–water partition coefficient (Wildman–Crippen LogP) is 4.45. The Balaban J connectivity index is 2.47. The van der Waals surface area contributed by atoms with Gasteiger partial charge in [0.1, 0.15) is 11.5 Å². The van der Waals surface area contributed by atoms with Crippen molar-refractivity contribution in [2.24, 2.45) is 5.16 Å². The first-order valence-corrected chi connectivity index (χ1v) is 5.61. The lowest BCUT2D eigenvalue weighted by atomic mass is 10.2. The van der Waals surface area contributed by atoms with Crippen LogP contribution < -0.4 is 0 Å². The lowest BCUT2D eigenvalue weighted by molar-refractivity contribution is 0.317. The van der Waals surface area contributed by atoms with Gasteiger partial charge in [0, 0.05) is 10.6 Å². The van der Waals surface area contributed by atoms with Crippen LogP contribution >= 0.6 is 23.2 Å². The Morgan fingerprint density at radius 3 is 2.71 bits per heavy atom. The molecule has 88 valence electrons. The molecule has 0 amide bonds. The summed E-state index contributed by atoms with van der Waals surface area (Å²) in [6, 6.07) is 8.59. The van der Waals surface area contributed by atoms with E-state index in [0.29, 0.717) is 32.8 Å². The second-order valence-corrected chi connectivity index (χ2v) is 4.32. The molecule has 1 aromatic heterocycles. The molecule has 5 heteroatoms. The fourth-order valence-corrected chi connectivity index (χ4v) is 1.80. The Labute approximate surface area is 108 Å². The van der Waals surface area contributed by atoms with Gasteiger partial charge < -0.3 is 9.62 Å². The molecule has 3 nitrogen and oxygen atoms in total. The van der Waals surface area contributed by atoms with E-state index in [9.17, 15) is 0 Å². The van der Waals surface area contributed by atoms with E-state index in [0.717, 1.165) is 0 Å². The van der Waals surface area contributed by atoms with Gasteiger partial charge in [-0.25, -0.2) is 0 Å². The molecule has 0 unspecified atom stereocenters. The van der Waals surface area contributed by atoms with E-state index in [4.69, 9.17) is 32.8 Å². The summed E-state index contributed by atoms with van der Waals surface area (Å²) in [4.78, 5) is 0. The summed E-state index contributed by atoms with van der Waals surface area (Å²) in [5.74, 6) is 1.06. The van der Waals surface area contributed by atoms with Gasteiger partial charge in [0.25, 0.3) is 0 Å². The van der Waals surface area contributed by atoms with Crippen LogP contribution in [0.1, 0.15) is 12.7 Å². The van der Waals surface area contributed by atoms with E-state index in [1.807, 2.05) is 0 Å².